The molecule has 1 saturated carbocycles. The highest BCUT2D eigenvalue weighted by Gasteiger charge is 2.42. The molecule has 5 N–H and O–H groups in total. The number of allylic oxidation sites excluding steroid dienone is 1. The van der Waals surface area contributed by atoms with Crippen LogP contribution >= 0.6 is 0 Å². The molecule has 0 saturated heterocycles. The van der Waals surface area contributed by atoms with Crippen molar-refractivity contribution in [1.82, 2.24) is 10.2 Å². The number of hydrogen-bond donors (Lipinski definition) is 4. The van der Waals surface area contributed by atoms with E-state index in [0.717, 1.165) is 34.7 Å². The third-order valence-corrected chi connectivity index (χ3v) is 5.22. The second-order valence-corrected chi connectivity index (χ2v) is 7.21. The molecule has 7 nitrogen and oxygen atoms in total. The quantitative estimate of drug-likeness (QED) is 0.621. The summed E-state index contributed by atoms with van der Waals surface area (Å²) >= 11 is 0. The van der Waals surface area contributed by atoms with Crippen LogP contribution in [0, 0.1) is 0 Å². The van der Waals surface area contributed by atoms with E-state index in [0.29, 0.717) is 11.3 Å². The van der Waals surface area contributed by atoms with Crippen molar-refractivity contribution in [3.63, 3.8) is 0 Å². The van der Waals surface area contributed by atoms with E-state index in [4.69, 9.17) is 5.73 Å². The maximum atomic E-state index is 12.3. The minimum Gasteiger partial charge on any atom is -0.480 e. The van der Waals surface area contributed by atoms with Crippen LogP contribution in [-0.4, -0.2) is 27.3 Å². The van der Waals surface area contributed by atoms with E-state index >= 15 is 0 Å². The molecular formula is C19H20N4O3. The first kappa shape index (κ1) is 16.5. The number of aromatic nitrogens is 2. The number of nitrogens with one attached hydrogen (secondary N) is 2. The zero-order valence-corrected chi connectivity index (χ0v) is 14.4. The number of rotatable bonds is 5. The van der Waals surface area contributed by atoms with Crippen molar-refractivity contribution in [1.29, 1.82) is 0 Å². The van der Waals surface area contributed by atoms with E-state index in [9.17, 15) is 14.7 Å². The van der Waals surface area contributed by atoms with Crippen molar-refractivity contribution >= 4 is 17.6 Å². The summed E-state index contributed by atoms with van der Waals surface area (Å²) in [5, 5.41) is 16.5. The molecule has 0 spiro atoms. The molecule has 26 heavy (non-hydrogen) atoms. The summed E-state index contributed by atoms with van der Waals surface area (Å²) in [5.74, 6) is -1.06. The number of fused-ring (bicyclic) bond motifs is 1. The number of carboxylic acids is 1. The normalized spacial score (nSPS) is 19.9. The number of nitrogens with two attached hydrogens (primary N) is 1. The SMILES string of the molecule is CC1(c2[nH][nH]c(=O)c2C=C2N=c3ccccc3=C2CC(N)C(=O)O)CC1. The van der Waals surface area contributed by atoms with Gasteiger partial charge in [0.1, 0.15) is 6.04 Å². The fourth-order valence-electron chi connectivity index (χ4n) is 3.36. The number of para-hydroxylation sites is 1. The standard InChI is InChI=1S/C19H20N4O3/c1-19(6-7-19)16-12(17(24)23-22-16)9-15-11(8-13(20)18(25)26)10-4-2-3-5-14(10)21-15/h2-5,9,13H,6-8,20H2,1H3,(H,25,26)(H2,22,23,24). The third-order valence-electron chi connectivity index (χ3n) is 5.22. The summed E-state index contributed by atoms with van der Waals surface area (Å²) in [6.45, 7) is 2.11. The largest absolute Gasteiger partial charge is 0.480 e. The van der Waals surface area contributed by atoms with Crippen LogP contribution < -0.4 is 21.9 Å². The van der Waals surface area contributed by atoms with Crippen LogP contribution in [0.4, 0.5) is 0 Å². The molecule has 1 unspecified atom stereocenters. The Morgan fingerprint density at radius 2 is 2.12 bits per heavy atom. The number of nitrogens with zero attached hydrogens (tertiary/aromatic N) is 1. The lowest BCUT2D eigenvalue weighted by Crippen LogP contribution is -2.32. The van der Waals surface area contributed by atoms with Gasteiger partial charge in [0.05, 0.1) is 22.3 Å². The maximum Gasteiger partial charge on any atom is 0.320 e. The van der Waals surface area contributed by atoms with Gasteiger partial charge in [0.15, 0.2) is 0 Å². The second-order valence-electron chi connectivity index (χ2n) is 7.21. The molecule has 1 aliphatic heterocycles. The van der Waals surface area contributed by atoms with Gasteiger partial charge in [-0.15, -0.1) is 0 Å². The zero-order valence-electron chi connectivity index (χ0n) is 14.4. The molecule has 1 aromatic carbocycles. The molecule has 1 fully saturated rings. The molecular weight excluding hydrogens is 332 g/mol. The molecule has 1 atom stereocenters. The smallest absolute Gasteiger partial charge is 0.320 e. The predicted octanol–water partition coefficient (Wildman–Crippen LogP) is 0.381. The molecule has 4 rings (SSSR count). The van der Waals surface area contributed by atoms with E-state index < -0.39 is 12.0 Å². The Hall–Kier alpha value is -2.93. The summed E-state index contributed by atoms with van der Waals surface area (Å²) in [7, 11) is 0. The van der Waals surface area contributed by atoms with Crippen LogP contribution in [-0.2, 0) is 10.2 Å². The molecule has 2 aromatic rings. The fourth-order valence-corrected chi connectivity index (χ4v) is 3.36. The van der Waals surface area contributed by atoms with Crippen molar-refractivity contribution in [3.8, 4) is 0 Å². The van der Waals surface area contributed by atoms with Crippen LogP contribution in [0.3, 0.4) is 0 Å². The number of hydrogen-bond acceptors (Lipinski definition) is 4. The van der Waals surface area contributed by atoms with Crippen LogP contribution in [0.2, 0.25) is 0 Å². The van der Waals surface area contributed by atoms with Crippen molar-refractivity contribution in [3.05, 3.63) is 62.1 Å². The number of carboxylic acid groups (broad SMARTS) is 1. The van der Waals surface area contributed by atoms with Crippen molar-refractivity contribution in [2.45, 2.75) is 37.6 Å². The average Bonchev–Trinajstić information content (AvgIpc) is 3.11. The van der Waals surface area contributed by atoms with E-state index in [1.807, 2.05) is 24.3 Å². The van der Waals surface area contributed by atoms with Gasteiger partial charge in [-0.1, -0.05) is 25.1 Å². The molecule has 0 radical (unpaired) electrons. The van der Waals surface area contributed by atoms with Gasteiger partial charge in [-0.2, -0.15) is 0 Å². The topological polar surface area (TPSA) is 124 Å². The van der Waals surface area contributed by atoms with E-state index in [1.165, 1.54) is 0 Å². The van der Waals surface area contributed by atoms with Gasteiger partial charge in [-0.25, -0.2) is 4.99 Å². The zero-order chi connectivity index (χ0) is 18.5. The van der Waals surface area contributed by atoms with Crippen LogP contribution in [0.1, 0.15) is 37.4 Å². The number of aromatic amines is 2. The average molecular weight is 352 g/mol. The Kier molecular flexibility index (Phi) is 3.69. The molecule has 1 aliphatic carbocycles. The summed E-state index contributed by atoms with van der Waals surface area (Å²) in [6.07, 6.45) is 3.94. The molecule has 2 heterocycles. The first-order valence-electron chi connectivity index (χ1n) is 8.57. The summed E-state index contributed by atoms with van der Waals surface area (Å²) in [5.41, 5.74) is 8.33. The van der Waals surface area contributed by atoms with Gasteiger partial charge >= 0.3 is 5.97 Å². The van der Waals surface area contributed by atoms with Gasteiger partial charge in [0.25, 0.3) is 5.56 Å². The Labute approximate surface area is 148 Å². The molecule has 0 amide bonds. The summed E-state index contributed by atoms with van der Waals surface area (Å²) in [6, 6.07) is 6.49. The number of carbonyl (C=O) groups is 1. The van der Waals surface area contributed by atoms with Gasteiger partial charge in [-0.3, -0.25) is 14.7 Å². The lowest BCUT2D eigenvalue weighted by molar-refractivity contribution is -0.138. The van der Waals surface area contributed by atoms with Gasteiger partial charge in [0.2, 0.25) is 0 Å². The lowest BCUT2D eigenvalue weighted by Gasteiger charge is -2.10. The maximum absolute atomic E-state index is 12.3. The first-order chi connectivity index (χ1) is 12.4. The van der Waals surface area contributed by atoms with Gasteiger partial charge in [-0.05, 0) is 30.6 Å². The van der Waals surface area contributed by atoms with E-state index in [1.54, 1.807) is 6.08 Å². The minimum absolute atomic E-state index is 0.0192. The van der Waals surface area contributed by atoms with E-state index in [-0.39, 0.29) is 17.4 Å². The Morgan fingerprint density at radius 1 is 1.38 bits per heavy atom. The summed E-state index contributed by atoms with van der Waals surface area (Å²) in [4.78, 5) is 28.1. The Balaban J connectivity index is 1.86. The number of H-pyrrole nitrogens is 2. The Morgan fingerprint density at radius 3 is 2.81 bits per heavy atom. The number of benzene rings is 1. The predicted molar refractivity (Wildman–Crippen MR) is 96.8 cm³/mol. The van der Waals surface area contributed by atoms with Crippen LogP contribution in [0.15, 0.2) is 39.7 Å². The molecule has 1 aromatic heterocycles. The highest BCUT2D eigenvalue weighted by molar-refractivity contribution is 5.81. The van der Waals surface area contributed by atoms with Crippen molar-refractivity contribution in [2.24, 2.45) is 10.7 Å². The highest BCUT2D eigenvalue weighted by atomic mass is 16.4. The summed E-state index contributed by atoms with van der Waals surface area (Å²) < 4.78 is 0. The lowest BCUT2D eigenvalue weighted by atomic mass is 9.97. The number of aliphatic carboxylic acids is 1. The molecule has 0 bridgehead atoms. The minimum atomic E-state index is -1.06. The molecule has 134 valence electrons. The first-order valence-corrected chi connectivity index (χ1v) is 8.57. The van der Waals surface area contributed by atoms with Crippen LogP contribution in [0.5, 0.6) is 0 Å². The van der Waals surface area contributed by atoms with Crippen LogP contribution in [0.25, 0.3) is 11.6 Å². The monoisotopic (exact) mass is 352 g/mol. The molecule has 2 aliphatic rings. The molecule has 7 heteroatoms. The van der Waals surface area contributed by atoms with Gasteiger partial charge < -0.3 is 15.9 Å². The van der Waals surface area contributed by atoms with E-state index in [2.05, 4.69) is 22.1 Å². The third kappa shape index (κ3) is 2.70. The van der Waals surface area contributed by atoms with Gasteiger partial charge in [0, 0.05) is 17.1 Å². The second kappa shape index (κ2) is 5.81. The highest BCUT2D eigenvalue weighted by Crippen LogP contribution is 2.47. The fraction of sp³-hybridized carbons (Fsp3) is 0.316. The van der Waals surface area contributed by atoms with Crippen molar-refractivity contribution in [2.75, 3.05) is 0 Å². The Bertz CT molecular complexity index is 1100. The van der Waals surface area contributed by atoms with Crippen molar-refractivity contribution < 1.29 is 9.90 Å².